The molecule has 0 radical (unpaired) electrons. The number of hydrogen-bond acceptors (Lipinski definition) is 4. The average molecular weight is 687 g/mol. The highest BCUT2D eigenvalue weighted by atomic mass is 16.5. The number of anilines is 4. The van der Waals surface area contributed by atoms with E-state index in [0.717, 1.165) is 41.3 Å². The Bertz CT molecular complexity index is 2410. The van der Waals surface area contributed by atoms with Crippen molar-refractivity contribution in [3.05, 3.63) is 203 Å². The Morgan fingerprint density at radius 1 is 0.623 bits per heavy atom. The molecule has 0 fully saturated rings. The Morgan fingerprint density at radius 2 is 1.09 bits per heavy atom. The molecule has 0 aliphatic carbocycles. The number of rotatable bonds is 10. The van der Waals surface area contributed by atoms with Crippen molar-refractivity contribution in [2.75, 3.05) is 22.9 Å². The molecule has 6 aromatic rings. The maximum atomic E-state index is 9.67. The van der Waals surface area contributed by atoms with Crippen LogP contribution in [0, 0.1) is 17.9 Å². The molecular formula is C48H38N4O. The van der Waals surface area contributed by atoms with Gasteiger partial charge < -0.3 is 14.5 Å². The first kappa shape index (κ1) is 34.4. The van der Waals surface area contributed by atoms with Gasteiger partial charge in [-0.1, -0.05) is 109 Å². The number of nitrogens with zero attached hydrogens (tertiary/aromatic N) is 4. The van der Waals surface area contributed by atoms with Crippen LogP contribution >= 0.6 is 0 Å². The van der Waals surface area contributed by atoms with Crippen LogP contribution in [0.1, 0.15) is 25.0 Å². The molecule has 0 saturated carbocycles. The second-order valence-corrected chi connectivity index (χ2v) is 12.6. The summed E-state index contributed by atoms with van der Waals surface area (Å²) in [5.41, 5.74) is 6.94. The molecule has 0 N–H and O–H groups in total. The predicted octanol–water partition coefficient (Wildman–Crippen LogP) is 12.5. The number of allylic oxidation sites excluding steroid dienone is 6. The van der Waals surface area contributed by atoms with Crippen molar-refractivity contribution >= 4 is 56.4 Å². The molecule has 0 saturated heterocycles. The Morgan fingerprint density at radius 3 is 1.57 bits per heavy atom. The van der Waals surface area contributed by atoms with Gasteiger partial charge in [-0.3, -0.25) is 0 Å². The average Bonchev–Trinajstić information content (AvgIpc) is 3.21. The lowest BCUT2D eigenvalue weighted by atomic mass is 10.0. The molecule has 5 heteroatoms. The van der Waals surface area contributed by atoms with Crippen molar-refractivity contribution in [1.29, 1.82) is 5.26 Å². The summed E-state index contributed by atoms with van der Waals surface area (Å²) in [4.78, 5) is 8.09. The van der Waals surface area contributed by atoms with Gasteiger partial charge >= 0.3 is 0 Å². The van der Waals surface area contributed by atoms with Crippen molar-refractivity contribution in [2.45, 2.75) is 13.8 Å². The standard InChI is InChI=1S/C48H38N4O/c1-4-51(5-2)40-26-20-35(21-27-40)24-30-42-32-39(46(34-49)50-3)33-43(53-42)31-25-36-22-28-41(29-23-36)52(47-18-10-14-37-12-6-8-16-44(37)47)48-19-11-15-38-13-7-9-17-45(38)48/h6-33H,4-5H2,1-2H3/b30-24+,31-25+,46-39+. The summed E-state index contributed by atoms with van der Waals surface area (Å²) in [6, 6.07) is 48.7. The summed E-state index contributed by atoms with van der Waals surface area (Å²) in [6.07, 6.45) is 11.2. The second kappa shape index (κ2) is 15.9. The van der Waals surface area contributed by atoms with Gasteiger partial charge in [0.05, 0.1) is 24.0 Å². The van der Waals surface area contributed by atoms with Crippen LogP contribution in [0.4, 0.5) is 22.7 Å². The van der Waals surface area contributed by atoms with Crippen LogP contribution in [-0.4, -0.2) is 13.1 Å². The molecule has 1 aliphatic rings. The van der Waals surface area contributed by atoms with E-state index in [1.807, 2.05) is 30.4 Å². The first-order valence-electron chi connectivity index (χ1n) is 17.8. The fraction of sp³-hybridized carbons (Fsp3) is 0.0833. The van der Waals surface area contributed by atoms with Crippen LogP contribution < -0.4 is 9.80 Å². The molecule has 6 aromatic carbocycles. The van der Waals surface area contributed by atoms with Gasteiger partial charge in [0.2, 0.25) is 0 Å². The van der Waals surface area contributed by atoms with Gasteiger partial charge in [0.15, 0.2) is 0 Å². The quantitative estimate of drug-likeness (QED) is 0.106. The largest absolute Gasteiger partial charge is 0.457 e. The molecule has 256 valence electrons. The summed E-state index contributed by atoms with van der Waals surface area (Å²) < 4.78 is 6.24. The van der Waals surface area contributed by atoms with Gasteiger partial charge in [0.25, 0.3) is 5.70 Å². The van der Waals surface area contributed by atoms with E-state index >= 15 is 0 Å². The molecule has 1 aliphatic heterocycles. The fourth-order valence-electron chi connectivity index (χ4n) is 6.69. The topological polar surface area (TPSA) is 43.9 Å². The van der Waals surface area contributed by atoms with Crippen LogP contribution in [0.2, 0.25) is 0 Å². The lowest BCUT2D eigenvalue weighted by molar-refractivity contribution is 0.332. The van der Waals surface area contributed by atoms with Gasteiger partial charge in [0, 0.05) is 35.2 Å². The van der Waals surface area contributed by atoms with Crippen molar-refractivity contribution < 1.29 is 4.74 Å². The van der Waals surface area contributed by atoms with E-state index in [2.05, 4.69) is 162 Å². The van der Waals surface area contributed by atoms with Gasteiger partial charge in [-0.25, -0.2) is 10.1 Å². The number of nitriles is 1. The van der Waals surface area contributed by atoms with Crippen molar-refractivity contribution in [2.24, 2.45) is 0 Å². The summed E-state index contributed by atoms with van der Waals surface area (Å²) >= 11 is 0. The Balaban J connectivity index is 1.18. The lowest BCUT2D eigenvalue weighted by Crippen LogP contribution is -2.21. The highest BCUT2D eigenvalue weighted by Gasteiger charge is 2.18. The highest BCUT2D eigenvalue weighted by Crippen LogP contribution is 2.42. The van der Waals surface area contributed by atoms with Crippen LogP contribution in [0.5, 0.6) is 0 Å². The van der Waals surface area contributed by atoms with Crippen LogP contribution in [0.3, 0.4) is 0 Å². The minimum atomic E-state index is 0.0139. The third-order valence-electron chi connectivity index (χ3n) is 9.39. The number of ether oxygens (including phenoxy) is 1. The molecule has 7 rings (SSSR count). The fourth-order valence-corrected chi connectivity index (χ4v) is 6.69. The van der Waals surface area contributed by atoms with Gasteiger partial charge in [-0.2, -0.15) is 0 Å². The molecule has 0 spiro atoms. The molecule has 53 heavy (non-hydrogen) atoms. The number of fused-ring (bicyclic) bond motifs is 2. The van der Waals surface area contributed by atoms with E-state index in [-0.39, 0.29) is 5.70 Å². The zero-order valence-electron chi connectivity index (χ0n) is 29.8. The highest BCUT2D eigenvalue weighted by molar-refractivity contribution is 6.04. The van der Waals surface area contributed by atoms with E-state index in [9.17, 15) is 5.26 Å². The SMILES string of the molecule is [C-]#[N+]/C(C#N)=C1C=C(/C=C/c2ccc(N(CC)CC)cc2)OC(/C=C/c2ccc(N(c3cccc4ccccc34)c3cccc4ccccc34)cc2)=C\1. The lowest BCUT2D eigenvalue weighted by Gasteiger charge is -2.28. The molecule has 5 nitrogen and oxygen atoms in total. The summed E-state index contributed by atoms with van der Waals surface area (Å²) in [7, 11) is 0. The van der Waals surface area contributed by atoms with E-state index in [1.54, 1.807) is 12.2 Å². The minimum Gasteiger partial charge on any atom is -0.457 e. The van der Waals surface area contributed by atoms with Crippen molar-refractivity contribution in [3.63, 3.8) is 0 Å². The molecular weight excluding hydrogens is 649 g/mol. The first-order chi connectivity index (χ1) is 26.1. The second-order valence-electron chi connectivity index (χ2n) is 12.6. The minimum absolute atomic E-state index is 0.0139. The maximum Gasteiger partial charge on any atom is 0.269 e. The van der Waals surface area contributed by atoms with Crippen LogP contribution in [-0.2, 0) is 4.74 Å². The smallest absolute Gasteiger partial charge is 0.269 e. The van der Waals surface area contributed by atoms with Gasteiger partial charge in [-0.15, -0.1) is 0 Å². The van der Waals surface area contributed by atoms with Crippen LogP contribution in [0.25, 0.3) is 38.5 Å². The van der Waals surface area contributed by atoms with E-state index in [4.69, 9.17) is 11.3 Å². The Labute approximate surface area is 311 Å². The summed E-state index contributed by atoms with van der Waals surface area (Å²) in [5, 5.41) is 14.4. The molecule has 0 unspecified atom stereocenters. The summed E-state index contributed by atoms with van der Waals surface area (Å²) in [5.74, 6) is 1.08. The van der Waals surface area contributed by atoms with Crippen molar-refractivity contribution in [1.82, 2.24) is 0 Å². The maximum absolute atomic E-state index is 9.67. The van der Waals surface area contributed by atoms with Crippen molar-refractivity contribution in [3.8, 4) is 6.07 Å². The normalized spacial score (nSPS) is 13.7. The monoisotopic (exact) mass is 686 g/mol. The number of hydrogen-bond donors (Lipinski definition) is 0. The van der Waals surface area contributed by atoms with Gasteiger partial charge in [-0.05, 0) is 102 Å². The molecule has 0 atom stereocenters. The summed E-state index contributed by atoms with van der Waals surface area (Å²) in [6.45, 7) is 13.8. The Kier molecular flexibility index (Phi) is 10.3. The zero-order valence-corrected chi connectivity index (χ0v) is 29.8. The predicted molar refractivity (Wildman–Crippen MR) is 221 cm³/mol. The zero-order chi connectivity index (χ0) is 36.6. The molecule has 1 heterocycles. The van der Waals surface area contributed by atoms with E-state index in [1.165, 1.54) is 27.2 Å². The van der Waals surface area contributed by atoms with E-state index < -0.39 is 0 Å². The van der Waals surface area contributed by atoms with E-state index in [0.29, 0.717) is 17.1 Å². The third-order valence-corrected chi connectivity index (χ3v) is 9.39. The number of benzene rings is 6. The van der Waals surface area contributed by atoms with Gasteiger partial charge in [0.1, 0.15) is 11.5 Å². The molecule has 0 amide bonds. The Hall–Kier alpha value is -7.08. The van der Waals surface area contributed by atoms with Crippen LogP contribution in [0.15, 0.2) is 181 Å². The first-order valence-corrected chi connectivity index (χ1v) is 17.8. The molecule has 0 aromatic heterocycles. The molecule has 0 bridgehead atoms. The third kappa shape index (κ3) is 7.52.